The van der Waals surface area contributed by atoms with Crippen LogP contribution in [0.5, 0.6) is 0 Å². The van der Waals surface area contributed by atoms with E-state index in [1.165, 1.54) is 41.1 Å². The lowest BCUT2D eigenvalue weighted by Crippen LogP contribution is -2.20. The Balaban J connectivity index is 1.77. The predicted octanol–water partition coefficient (Wildman–Crippen LogP) is 4.57. The maximum absolute atomic E-state index is 3.60. The fraction of sp³-hybridized carbons (Fsp3) is 0.500. The van der Waals surface area contributed by atoms with Crippen LogP contribution >= 0.6 is 15.9 Å². The minimum atomic E-state index is 1.04. The van der Waals surface area contributed by atoms with Crippen LogP contribution in [0.4, 0.5) is 0 Å². The third-order valence-electron chi connectivity index (χ3n) is 3.50. The second-order valence-corrected chi connectivity index (χ2v) is 5.85. The van der Waals surface area contributed by atoms with Gasteiger partial charge < -0.3 is 9.88 Å². The first-order chi connectivity index (χ1) is 9.33. The molecule has 0 atom stereocenters. The highest BCUT2D eigenvalue weighted by molar-refractivity contribution is 9.10. The average Bonchev–Trinajstić information content (AvgIpc) is 2.83. The molecule has 0 bridgehead atoms. The van der Waals surface area contributed by atoms with Crippen LogP contribution in [-0.2, 0) is 6.54 Å². The Kier molecular flexibility index (Phi) is 5.93. The van der Waals surface area contributed by atoms with E-state index in [0.29, 0.717) is 0 Å². The van der Waals surface area contributed by atoms with Gasteiger partial charge in [-0.1, -0.05) is 48.2 Å². The molecule has 0 aliphatic rings. The first kappa shape index (κ1) is 14.6. The molecule has 0 saturated heterocycles. The van der Waals surface area contributed by atoms with E-state index < -0.39 is 0 Å². The van der Waals surface area contributed by atoms with Gasteiger partial charge in [0.1, 0.15) is 0 Å². The molecule has 3 heteroatoms. The molecule has 1 aromatic heterocycles. The zero-order valence-electron chi connectivity index (χ0n) is 11.7. The second kappa shape index (κ2) is 7.71. The monoisotopic (exact) mass is 322 g/mol. The zero-order valence-corrected chi connectivity index (χ0v) is 13.2. The molecular formula is C16H23BrN2. The third-order valence-corrected chi connectivity index (χ3v) is 4.19. The summed E-state index contributed by atoms with van der Waals surface area (Å²) >= 11 is 3.60. The molecule has 1 heterocycles. The van der Waals surface area contributed by atoms with Gasteiger partial charge in [-0.15, -0.1) is 0 Å². The smallest absolute Gasteiger partial charge is 0.0492 e. The van der Waals surface area contributed by atoms with Gasteiger partial charge in [0.15, 0.2) is 0 Å². The van der Waals surface area contributed by atoms with Gasteiger partial charge in [0.25, 0.3) is 0 Å². The first-order valence-corrected chi connectivity index (χ1v) is 8.06. The number of unbranched alkanes of at least 4 members (excludes halogenated alkanes) is 3. The number of rotatable bonds is 8. The van der Waals surface area contributed by atoms with Crippen LogP contribution in [0.2, 0.25) is 0 Å². The number of fused-ring (bicyclic) bond motifs is 1. The van der Waals surface area contributed by atoms with Gasteiger partial charge >= 0.3 is 0 Å². The van der Waals surface area contributed by atoms with Crippen molar-refractivity contribution in [2.24, 2.45) is 0 Å². The fourth-order valence-corrected chi connectivity index (χ4v) is 2.87. The van der Waals surface area contributed by atoms with Crippen LogP contribution in [0.15, 0.2) is 34.9 Å². The van der Waals surface area contributed by atoms with E-state index in [9.17, 15) is 0 Å². The Bertz CT molecular complexity index is 504. The molecular weight excluding hydrogens is 300 g/mol. The van der Waals surface area contributed by atoms with Crippen molar-refractivity contribution in [3.05, 3.63) is 34.9 Å². The largest absolute Gasteiger partial charge is 0.346 e. The number of hydrogen-bond acceptors (Lipinski definition) is 1. The van der Waals surface area contributed by atoms with Crippen molar-refractivity contribution in [3.8, 4) is 0 Å². The van der Waals surface area contributed by atoms with E-state index in [4.69, 9.17) is 0 Å². The van der Waals surface area contributed by atoms with Crippen LogP contribution in [0.25, 0.3) is 10.9 Å². The summed E-state index contributed by atoms with van der Waals surface area (Å²) in [5, 5.41) is 4.83. The topological polar surface area (TPSA) is 17.0 Å². The van der Waals surface area contributed by atoms with Gasteiger partial charge in [-0.05, 0) is 31.2 Å². The summed E-state index contributed by atoms with van der Waals surface area (Å²) < 4.78 is 3.50. The lowest BCUT2D eigenvalue weighted by Gasteiger charge is -2.07. The minimum absolute atomic E-state index is 1.04. The fourth-order valence-electron chi connectivity index (χ4n) is 2.38. The van der Waals surface area contributed by atoms with Gasteiger partial charge in [-0.25, -0.2) is 0 Å². The molecule has 0 saturated carbocycles. The molecule has 2 aromatic rings. The van der Waals surface area contributed by atoms with Crippen molar-refractivity contribution in [1.29, 1.82) is 0 Å². The Hall–Kier alpha value is -0.800. The Morgan fingerprint density at radius 3 is 2.84 bits per heavy atom. The van der Waals surface area contributed by atoms with Crippen molar-refractivity contribution >= 4 is 26.8 Å². The summed E-state index contributed by atoms with van der Waals surface area (Å²) in [7, 11) is 0. The van der Waals surface area contributed by atoms with Crippen molar-refractivity contribution in [2.75, 3.05) is 13.1 Å². The molecule has 0 amide bonds. The highest BCUT2D eigenvalue weighted by atomic mass is 79.9. The summed E-state index contributed by atoms with van der Waals surface area (Å²) in [5.74, 6) is 0. The highest BCUT2D eigenvalue weighted by Gasteiger charge is 2.02. The molecule has 1 N–H and O–H groups in total. The summed E-state index contributed by atoms with van der Waals surface area (Å²) in [6.07, 6.45) is 7.49. The third kappa shape index (κ3) is 4.08. The van der Waals surface area contributed by atoms with Gasteiger partial charge in [-0.2, -0.15) is 0 Å². The molecule has 0 aliphatic carbocycles. The normalized spacial score (nSPS) is 11.3. The number of halogens is 1. The van der Waals surface area contributed by atoms with E-state index >= 15 is 0 Å². The molecule has 1 aromatic carbocycles. The maximum atomic E-state index is 3.60. The lowest BCUT2D eigenvalue weighted by atomic mass is 10.2. The first-order valence-electron chi connectivity index (χ1n) is 7.27. The van der Waals surface area contributed by atoms with Crippen LogP contribution < -0.4 is 5.32 Å². The van der Waals surface area contributed by atoms with Crippen LogP contribution in [-0.4, -0.2) is 17.7 Å². The minimum Gasteiger partial charge on any atom is -0.346 e. The molecule has 0 spiro atoms. The highest BCUT2D eigenvalue weighted by Crippen LogP contribution is 2.24. The lowest BCUT2D eigenvalue weighted by molar-refractivity contribution is 0.567. The number of nitrogens with zero attached hydrogens (tertiary/aromatic N) is 1. The number of hydrogen-bond donors (Lipinski definition) is 1. The van der Waals surface area contributed by atoms with Crippen LogP contribution in [0, 0.1) is 0 Å². The summed E-state index contributed by atoms with van der Waals surface area (Å²) in [6, 6.07) is 8.56. The average molecular weight is 323 g/mol. The molecule has 0 radical (unpaired) electrons. The van der Waals surface area contributed by atoms with E-state index in [-0.39, 0.29) is 0 Å². The van der Waals surface area contributed by atoms with Crippen LogP contribution in [0.1, 0.15) is 32.6 Å². The Morgan fingerprint density at radius 1 is 1.11 bits per heavy atom. The van der Waals surface area contributed by atoms with Gasteiger partial charge in [0.05, 0.1) is 0 Å². The standard InChI is InChI=1S/C16H23BrN2/c1-2-3-4-5-10-18-11-13-19-12-9-14-15(17)7-6-8-16(14)19/h6-9,12,18H,2-5,10-11,13H2,1H3. The van der Waals surface area contributed by atoms with Crippen molar-refractivity contribution < 1.29 is 0 Å². The molecule has 0 fully saturated rings. The van der Waals surface area contributed by atoms with Crippen LogP contribution in [0.3, 0.4) is 0 Å². The summed E-state index contributed by atoms with van der Waals surface area (Å²) in [6.45, 7) is 5.47. The number of benzene rings is 1. The van der Waals surface area contributed by atoms with Gasteiger partial charge in [0, 0.05) is 34.7 Å². The van der Waals surface area contributed by atoms with E-state index in [2.05, 4.69) is 63.2 Å². The SMILES string of the molecule is CCCCCCNCCn1ccc2c(Br)cccc21. The molecule has 104 valence electrons. The van der Waals surface area contributed by atoms with E-state index in [0.717, 1.165) is 19.6 Å². The number of aromatic nitrogens is 1. The number of nitrogens with one attached hydrogen (secondary N) is 1. The second-order valence-electron chi connectivity index (χ2n) is 4.99. The van der Waals surface area contributed by atoms with E-state index in [1.807, 2.05) is 0 Å². The molecule has 2 nitrogen and oxygen atoms in total. The predicted molar refractivity (Wildman–Crippen MR) is 86.6 cm³/mol. The molecule has 0 aliphatic heterocycles. The zero-order chi connectivity index (χ0) is 13.5. The summed E-state index contributed by atoms with van der Waals surface area (Å²) in [5.41, 5.74) is 1.31. The molecule has 0 unspecified atom stereocenters. The Morgan fingerprint density at radius 2 is 2.00 bits per heavy atom. The van der Waals surface area contributed by atoms with Crippen molar-refractivity contribution in [1.82, 2.24) is 9.88 Å². The van der Waals surface area contributed by atoms with E-state index in [1.54, 1.807) is 0 Å². The Labute approximate surface area is 124 Å². The summed E-state index contributed by atoms with van der Waals surface area (Å²) in [4.78, 5) is 0. The van der Waals surface area contributed by atoms with Gasteiger partial charge in [-0.3, -0.25) is 0 Å². The molecule has 19 heavy (non-hydrogen) atoms. The van der Waals surface area contributed by atoms with Crippen molar-refractivity contribution in [3.63, 3.8) is 0 Å². The van der Waals surface area contributed by atoms with Gasteiger partial charge in [0.2, 0.25) is 0 Å². The molecule has 2 rings (SSSR count). The quantitative estimate of drug-likeness (QED) is 0.704. The van der Waals surface area contributed by atoms with Crippen molar-refractivity contribution in [2.45, 2.75) is 39.2 Å². The maximum Gasteiger partial charge on any atom is 0.0492 e.